The summed E-state index contributed by atoms with van der Waals surface area (Å²) >= 11 is 0. The number of fused-ring (bicyclic) bond motifs is 1. The maximum Gasteiger partial charge on any atom is -0.0103 e. The van der Waals surface area contributed by atoms with Gasteiger partial charge in [0, 0.05) is 0 Å². The highest BCUT2D eigenvalue weighted by molar-refractivity contribution is 5.98. The summed E-state index contributed by atoms with van der Waals surface area (Å²) in [6.07, 6.45) is 8.91. The quantitative estimate of drug-likeness (QED) is 0.685. The van der Waals surface area contributed by atoms with Crippen LogP contribution in [-0.2, 0) is 6.42 Å². The van der Waals surface area contributed by atoms with Gasteiger partial charge in [0.25, 0.3) is 0 Å². The van der Waals surface area contributed by atoms with Gasteiger partial charge in [0.15, 0.2) is 0 Å². The predicted octanol–water partition coefficient (Wildman–Crippen LogP) is 4.75. The van der Waals surface area contributed by atoms with Crippen LogP contribution in [-0.4, -0.2) is 0 Å². The largest absolute Gasteiger partial charge is 0.0801 e. The van der Waals surface area contributed by atoms with Gasteiger partial charge in [-0.25, -0.2) is 0 Å². The lowest BCUT2D eigenvalue weighted by Crippen LogP contribution is -1.88. The van der Waals surface area contributed by atoms with Crippen LogP contribution in [0.25, 0.3) is 16.3 Å². The van der Waals surface area contributed by atoms with E-state index in [2.05, 4.69) is 61.5 Å². The van der Waals surface area contributed by atoms with Gasteiger partial charge >= 0.3 is 0 Å². The van der Waals surface area contributed by atoms with E-state index < -0.39 is 0 Å². The Hall–Kier alpha value is -1.82. The van der Waals surface area contributed by atoms with Crippen molar-refractivity contribution in [3.05, 3.63) is 65.8 Å². The molecule has 0 radical (unpaired) electrons. The molecule has 17 heavy (non-hydrogen) atoms. The summed E-state index contributed by atoms with van der Waals surface area (Å²) in [7, 11) is 0. The van der Waals surface area contributed by atoms with Crippen molar-refractivity contribution in [3.63, 3.8) is 0 Å². The minimum atomic E-state index is 1.07. The van der Waals surface area contributed by atoms with E-state index in [1.807, 2.05) is 0 Å². The van der Waals surface area contributed by atoms with Gasteiger partial charge in [0.05, 0.1) is 0 Å². The lowest BCUT2D eigenvalue weighted by Gasteiger charge is -2.10. The monoisotopic (exact) mass is 220 g/mol. The first-order valence-electron chi connectivity index (χ1n) is 6.28. The SMILES string of the molecule is CCc1ccc(C2=CCC=C2)c2ccccc12. The number of hydrogen-bond acceptors (Lipinski definition) is 0. The van der Waals surface area contributed by atoms with Crippen molar-refractivity contribution < 1.29 is 0 Å². The summed E-state index contributed by atoms with van der Waals surface area (Å²) in [6, 6.07) is 13.3. The van der Waals surface area contributed by atoms with Gasteiger partial charge < -0.3 is 0 Å². The zero-order valence-electron chi connectivity index (χ0n) is 10.1. The molecule has 0 heteroatoms. The molecular weight excluding hydrogens is 204 g/mol. The minimum absolute atomic E-state index is 1.07. The predicted molar refractivity (Wildman–Crippen MR) is 75.1 cm³/mol. The Balaban J connectivity index is 2.30. The highest BCUT2D eigenvalue weighted by Crippen LogP contribution is 2.30. The first-order valence-corrected chi connectivity index (χ1v) is 6.28. The lowest BCUT2D eigenvalue weighted by atomic mass is 9.94. The first-order chi connectivity index (χ1) is 8.40. The van der Waals surface area contributed by atoms with E-state index in [1.54, 1.807) is 0 Å². The minimum Gasteiger partial charge on any atom is -0.0801 e. The van der Waals surface area contributed by atoms with Gasteiger partial charge in [-0.15, -0.1) is 0 Å². The molecule has 1 aliphatic carbocycles. The zero-order valence-corrected chi connectivity index (χ0v) is 10.1. The molecule has 0 saturated carbocycles. The topological polar surface area (TPSA) is 0 Å². The molecule has 0 amide bonds. The summed E-state index contributed by atoms with van der Waals surface area (Å²) in [4.78, 5) is 0. The second-order valence-corrected chi connectivity index (χ2v) is 4.47. The van der Waals surface area contributed by atoms with Gasteiger partial charge in [-0.05, 0) is 40.3 Å². The van der Waals surface area contributed by atoms with Gasteiger partial charge in [-0.2, -0.15) is 0 Å². The summed E-state index contributed by atoms with van der Waals surface area (Å²) in [5, 5.41) is 2.78. The highest BCUT2D eigenvalue weighted by Gasteiger charge is 2.08. The second-order valence-electron chi connectivity index (χ2n) is 4.47. The average molecular weight is 220 g/mol. The van der Waals surface area contributed by atoms with Crippen molar-refractivity contribution in [2.45, 2.75) is 19.8 Å². The first kappa shape index (κ1) is 10.3. The molecule has 0 bridgehead atoms. The molecule has 0 heterocycles. The molecule has 0 saturated heterocycles. The van der Waals surface area contributed by atoms with Crippen LogP contribution in [0.3, 0.4) is 0 Å². The van der Waals surface area contributed by atoms with Crippen LogP contribution in [0.15, 0.2) is 54.6 Å². The van der Waals surface area contributed by atoms with E-state index in [0.717, 1.165) is 12.8 Å². The van der Waals surface area contributed by atoms with Crippen LogP contribution in [0.2, 0.25) is 0 Å². The van der Waals surface area contributed by atoms with Crippen LogP contribution in [0.1, 0.15) is 24.5 Å². The van der Waals surface area contributed by atoms with Crippen LogP contribution < -0.4 is 0 Å². The Kier molecular flexibility index (Phi) is 2.56. The Morgan fingerprint density at radius 1 is 1.00 bits per heavy atom. The maximum absolute atomic E-state index is 2.30. The molecule has 0 aromatic heterocycles. The maximum atomic E-state index is 2.30. The van der Waals surface area contributed by atoms with E-state index >= 15 is 0 Å². The smallest absolute Gasteiger partial charge is 0.0103 e. The fourth-order valence-corrected chi connectivity index (χ4v) is 2.58. The van der Waals surface area contributed by atoms with Crippen molar-refractivity contribution >= 4 is 16.3 Å². The van der Waals surface area contributed by atoms with Crippen molar-refractivity contribution in [1.29, 1.82) is 0 Å². The number of aryl methyl sites for hydroxylation is 1. The fourth-order valence-electron chi connectivity index (χ4n) is 2.58. The summed E-state index contributed by atoms with van der Waals surface area (Å²) < 4.78 is 0. The molecule has 0 aliphatic heterocycles. The molecule has 2 aromatic rings. The van der Waals surface area contributed by atoms with Gasteiger partial charge in [0.1, 0.15) is 0 Å². The van der Waals surface area contributed by atoms with E-state index in [-0.39, 0.29) is 0 Å². The van der Waals surface area contributed by atoms with E-state index in [1.165, 1.54) is 27.5 Å². The summed E-state index contributed by atoms with van der Waals surface area (Å²) in [5.41, 5.74) is 4.17. The highest BCUT2D eigenvalue weighted by atomic mass is 14.1. The molecule has 1 aliphatic rings. The van der Waals surface area contributed by atoms with E-state index in [4.69, 9.17) is 0 Å². The summed E-state index contributed by atoms with van der Waals surface area (Å²) in [6.45, 7) is 2.22. The Morgan fingerprint density at radius 2 is 1.82 bits per heavy atom. The third-order valence-corrected chi connectivity index (χ3v) is 3.48. The van der Waals surface area contributed by atoms with Crippen LogP contribution in [0, 0.1) is 0 Å². The van der Waals surface area contributed by atoms with Crippen molar-refractivity contribution in [1.82, 2.24) is 0 Å². The van der Waals surface area contributed by atoms with Crippen LogP contribution in [0.4, 0.5) is 0 Å². The van der Waals surface area contributed by atoms with Crippen molar-refractivity contribution in [3.8, 4) is 0 Å². The Morgan fingerprint density at radius 3 is 2.53 bits per heavy atom. The number of rotatable bonds is 2. The molecule has 3 rings (SSSR count). The molecule has 0 nitrogen and oxygen atoms in total. The van der Waals surface area contributed by atoms with E-state index in [0.29, 0.717) is 0 Å². The Bertz CT molecular complexity index is 615. The molecule has 0 spiro atoms. The van der Waals surface area contributed by atoms with Crippen molar-refractivity contribution in [2.24, 2.45) is 0 Å². The third-order valence-electron chi connectivity index (χ3n) is 3.48. The molecule has 84 valence electrons. The molecular formula is C17H16. The second kappa shape index (κ2) is 4.21. The Labute approximate surface area is 102 Å². The number of hydrogen-bond donors (Lipinski definition) is 0. The molecule has 0 atom stereocenters. The summed E-state index contributed by atoms with van der Waals surface area (Å²) in [5.74, 6) is 0. The number of allylic oxidation sites excluding steroid dienone is 4. The number of benzene rings is 2. The average Bonchev–Trinajstić information content (AvgIpc) is 2.91. The van der Waals surface area contributed by atoms with Crippen LogP contribution in [0.5, 0.6) is 0 Å². The third kappa shape index (κ3) is 1.70. The lowest BCUT2D eigenvalue weighted by molar-refractivity contribution is 1.16. The van der Waals surface area contributed by atoms with Gasteiger partial charge in [-0.3, -0.25) is 0 Å². The van der Waals surface area contributed by atoms with Gasteiger partial charge in [-0.1, -0.05) is 61.5 Å². The molecule has 0 N–H and O–H groups in total. The fraction of sp³-hybridized carbons (Fsp3) is 0.176. The standard InChI is InChI=1S/C17H16/c1-2-13-11-12-16(14-7-3-4-8-14)17-10-6-5-9-15(13)17/h3,5-12H,2,4H2,1H3. The molecule has 0 fully saturated rings. The zero-order chi connectivity index (χ0) is 11.7. The van der Waals surface area contributed by atoms with Crippen LogP contribution >= 0.6 is 0 Å². The molecule has 0 unspecified atom stereocenters. The van der Waals surface area contributed by atoms with E-state index in [9.17, 15) is 0 Å². The molecule has 2 aromatic carbocycles. The normalized spacial score (nSPS) is 14.3. The van der Waals surface area contributed by atoms with Gasteiger partial charge in [0.2, 0.25) is 0 Å². The van der Waals surface area contributed by atoms with Crippen molar-refractivity contribution in [2.75, 3.05) is 0 Å².